The molecule has 1 heterocycles. The van der Waals surface area contributed by atoms with Gasteiger partial charge < -0.3 is 11.1 Å². The van der Waals surface area contributed by atoms with Gasteiger partial charge in [0.1, 0.15) is 0 Å². The second-order valence-corrected chi connectivity index (χ2v) is 5.73. The van der Waals surface area contributed by atoms with Crippen molar-refractivity contribution in [2.45, 2.75) is 45.2 Å². The van der Waals surface area contributed by atoms with E-state index in [-0.39, 0.29) is 11.9 Å². The van der Waals surface area contributed by atoms with Crippen molar-refractivity contribution >= 4 is 21.8 Å². The van der Waals surface area contributed by atoms with Crippen LogP contribution in [-0.2, 0) is 4.79 Å². The Bertz CT molecular complexity index is 407. The maximum Gasteiger partial charge on any atom is 0.237 e. The van der Waals surface area contributed by atoms with E-state index in [9.17, 15) is 4.79 Å². The number of carbonyl (C=O) groups excluding carboxylic acids is 1. The monoisotopic (exact) mass is 316 g/mol. The maximum absolute atomic E-state index is 11.6. The Labute approximate surface area is 116 Å². The summed E-state index contributed by atoms with van der Waals surface area (Å²) in [5, 5.41) is 7.45. The number of nitrogens with two attached hydrogens (primary N) is 1. The van der Waals surface area contributed by atoms with Crippen molar-refractivity contribution < 1.29 is 4.79 Å². The Balaban J connectivity index is 2.74. The lowest BCUT2D eigenvalue weighted by atomic mass is 9.92. The highest BCUT2D eigenvalue weighted by molar-refractivity contribution is 9.10. The number of nitrogens with zero attached hydrogens (tertiary/aromatic N) is 2. The van der Waals surface area contributed by atoms with Gasteiger partial charge in [0.25, 0.3) is 0 Å². The Morgan fingerprint density at radius 2 is 2.39 bits per heavy atom. The predicted molar refractivity (Wildman–Crippen MR) is 75.1 cm³/mol. The molecule has 1 amide bonds. The third-order valence-corrected chi connectivity index (χ3v) is 3.44. The first-order chi connectivity index (χ1) is 8.39. The molecule has 0 spiro atoms. The van der Waals surface area contributed by atoms with Crippen LogP contribution in [0.5, 0.6) is 0 Å². The zero-order valence-electron chi connectivity index (χ0n) is 11.1. The van der Waals surface area contributed by atoms with Crippen LogP contribution in [0.4, 0.5) is 0 Å². The lowest BCUT2D eigenvalue weighted by molar-refractivity contribution is -0.124. The summed E-state index contributed by atoms with van der Waals surface area (Å²) in [7, 11) is 0. The first-order valence-corrected chi connectivity index (χ1v) is 6.93. The van der Waals surface area contributed by atoms with Crippen molar-refractivity contribution in [1.29, 1.82) is 0 Å². The van der Waals surface area contributed by atoms with Gasteiger partial charge in [-0.1, -0.05) is 6.92 Å². The van der Waals surface area contributed by atoms with Crippen LogP contribution in [0, 0.1) is 0 Å². The Hall–Kier alpha value is -0.880. The summed E-state index contributed by atoms with van der Waals surface area (Å²) in [5.74, 6) is -0.325. The van der Waals surface area contributed by atoms with E-state index in [1.165, 1.54) is 0 Å². The van der Waals surface area contributed by atoms with Gasteiger partial charge in [-0.3, -0.25) is 9.48 Å². The van der Waals surface area contributed by atoms with E-state index >= 15 is 0 Å². The van der Waals surface area contributed by atoms with Gasteiger partial charge in [-0.2, -0.15) is 5.10 Å². The molecule has 102 valence electrons. The van der Waals surface area contributed by atoms with Crippen LogP contribution in [0.1, 0.15) is 39.7 Å². The first kappa shape index (κ1) is 15.2. The molecule has 0 saturated heterocycles. The number of hydrogen-bond donors (Lipinski definition) is 2. The molecule has 5 nitrogen and oxygen atoms in total. The van der Waals surface area contributed by atoms with E-state index in [4.69, 9.17) is 5.73 Å². The fourth-order valence-electron chi connectivity index (χ4n) is 1.90. The van der Waals surface area contributed by atoms with Crippen molar-refractivity contribution in [3.63, 3.8) is 0 Å². The van der Waals surface area contributed by atoms with Gasteiger partial charge in [-0.25, -0.2) is 0 Å². The third-order valence-electron chi connectivity index (χ3n) is 3.03. The molecule has 2 atom stereocenters. The highest BCUT2D eigenvalue weighted by Crippen LogP contribution is 2.21. The van der Waals surface area contributed by atoms with E-state index in [1.54, 1.807) is 6.20 Å². The summed E-state index contributed by atoms with van der Waals surface area (Å²) in [4.78, 5) is 11.6. The number of halogens is 1. The molecule has 0 fully saturated rings. The Morgan fingerprint density at radius 3 is 2.83 bits per heavy atom. The fraction of sp³-hybridized carbons (Fsp3) is 0.667. The van der Waals surface area contributed by atoms with Gasteiger partial charge in [-0.15, -0.1) is 0 Å². The summed E-state index contributed by atoms with van der Waals surface area (Å²) in [6.07, 6.45) is 5.20. The SMILES string of the molecule is CCCNC(C)(CC(C)n1cc(Br)cn1)C(N)=O. The average Bonchev–Trinajstić information content (AvgIpc) is 2.73. The minimum atomic E-state index is -0.701. The van der Waals surface area contributed by atoms with Gasteiger partial charge in [-0.05, 0) is 49.2 Å². The summed E-state index contributed by atoms with van der Waals surface area (Å²) in [5.41, 5.74) is 4.80. The molecule has 0 aromatic carbocycles. The molecule has 0 aliphatic carbocycles. The zero-order valence-corrected chi connectivity index (χ0v) is 12.7. The van der Waals surface area contributed by atoms with Gasteiger partial charge in [0.05, 0.1) is 22.3 Å². The van der Waals surface area contributed by atoms with E-state index in [1.807, 2.05) is 24.7 Å². The van der Waals surface area contributed by atoms with Crippen molar-refractivity contribution in [3.8, 4) is 0 Å². The smallest absolute Gasteiger partial charge is 0.237 e. The largest absolute Gasteiger partial charge is 0.368 e. The summed E-state index contributed by atoms with van der Waals surface area (Å²) < 4.78 is 2.76. The van der Waals surface area contributed by atoms with Crippen molar-refractivity contribution in [2.75, 3.05) is 6.54 Å². The van der Waals surface area contributed by atoms with Crippen LogP contribution >= 0.6 is 15.9 Å². The number of carbonyl (C=O) groups is 1. The van der Waals surface area contributed by atoms with Crippen LogP contribution in [0.15, 0.2) is 16.9 Å². The summed E-state index contributed by atoms with van der Waals surface area (Å²) in [6, 6.07) is 0.0955. The van der Waals surface area contributed by atoms with E-state index < -0.39 is 5.54 Å². The molecule has 18 heavy (non-hydrogen) atoms. The molecule has 1 aromatic rings. The number of primary amides is 1. The number of rotatable bonds is 7. The minimum absolute atomic E-state index is 0.0955. The van der Waals surface area contributed by atoms with Crippen LogP contribution < -0.4 is 11.1 Å². The number of aromatic nitrogens is 2. The molecule has 2 unspecified atom stereocenters. The maximum atomic E-state index is 11.6. The molecule has 0 aliphatic rings. The van der Waals surface area contributed by atoms with Crippen LogP contribution in [0.2, 0.25) is 0 Å². The van der Waals surface area contributed by atoms with Crippen LogP contribution in [0.25, 0.3) is 0 Å². The number of amides is 1. The van der Waals surface area contributed by atoms with Crippen molar-refractivity contribution in [2.24, 2.45) is 5.73 Å². The van der Waals surface area contributed by atoms with Gasteiger partial charge in [0.15, 0.2) is 0 Å². The second-order valence-electron chi connectivity index (χ2n) is 4.81. The summed E-state index contributed by atoms with van der Waals surface area (Å²) in [6.45, 7) is 6.70. The first-order valence-electron chi connectivity index (χ1n) is 6.13. The third kappa shape index (κ3) is 3.81. The zero-order chi connectivity index (χ0) is 13.8. The molecule has 1 aromatic heterocycles. The van der Waals surface area contributed by atoms with Crippen molar-refractivity contribution in [3.05, 3.63) is 16.9 Å². The minimum Gasteiger partial charge on any atom is -0.368 e. The molecule has 1 rings (SSSR count). The topological polar surface area (TPSA) is 72.9 Å². The normalized spacial score (nSPS) is 16.2. The molecule has 0 aliphatic heterocycles. The number of hydrogen-bond acceptors (Lipinski definition) is 3. The predicted octanol–water partition coefficient (Wildman–Crippen LogP) is 1.84. The van der Waals surface area contributed by atoms with E-state index in [0.717, 1.165) is 17.4 Å². The molecule has 3 N–H and O–H groups in total. The Kier molecular flexibility index (Phi) is 5.34. The van der Waals surface area contributed by atoms with Gasteiger partial charge >= 0.3 is 0 Å². The van der Waals surface area contributed by atoms with Crippen LogP contribution in [-0.4, -0.2) is 27.8 Å². The molecular weight excluding hydrogens is 296 g/mol. The molecule has 0 bridgehead atoms. The molecule has 6 heteroatoms. The fourth-order valence-corrected chi connectivity index (χ4v) is 2.20. The molecule has 0 radical (unpaired) electrons. The summed E-state index contributed by atoms with van der Waals surface area (Å²) >= 11 is 3.36. The second kappa shape index (κ2) is 6.33. The van der Waals surface area contributed by atoms with Gasteiger partial charge in [0, 0.05) is 6.20 Å². The van der Waals surface area contributed by atoms with Crippen LogP contribution in [0.3, 0.4) is 0 Å². The van der Waals surface area contributed by atoms with E-state index in [0.29, 0.717) is 6.42 Å². The van der Waals surface area contributed by atoms with E-state index in [2.05, 4.69) is 33.3 Å². The van der Waals surface area contributed by atoms with Gasteiger partial charge in [0.2, 0.25) is 5.91 Å². The number of nitrogens with one attached hydrogen (secondary N) is 1. The lowest BCUT2D eigenvalue weighted by Crippen LogP contribution is -2.54. The Morgan fingerprint density at radius 1 is 1.72 bits per heavy atom. The molecule has 0 saturated carbocycles. The average molecular weight is 317 g/mol. The molecular formula is C12H21BrN4O. The standard InChI is InChI=1S/C12H21BrN4O/c1-4-5-15-12(3,11(14)18)6-9(2)17-8-10(13)7-16-17/h7-9,15H,4-6H2,1-3H3,(H2,14,18). The highest BCUT2D eigenvalue weighted by Gasteiger charge is 2.32. The highest BCUT2D eigenvalue weighted by atomic mass is 79.9. The lowest BCUT2D eigenvalue weighted by Gasteiger charge is -2.30. The quantitative estimate of drug-likeness (QED) is 0.806. The van der Waals surface area contributed by atoms with Crippen molar-refractivity contribution in [1.82, 2.24) is 15.1 Å².